The smallest absolute Gasteiger partial charge is 0.243 e. The van der Waals surface area contributed by atoms with E-state index in [1.807, 2.05) is 18.4 Å². The van der Waals surface area contributed by atoms with Crippen molar-refractivity contribution in [3.05, 3.63) is 48.0 Å². The first-order chi connectivity index (χ1) is 16.3. The monoisotopic (exact) mass is 499 g/mol. The highest BCUT2D eigenvalue weighted by Gasteiger charge is 2.23. The Bertz CT molecular complexity index is 1310. The standard InChI is InChI=1S/C24H29N5O3S2/c1-4-7-14-29-22-13-12-19(34(31,32)28(5-2)6-3)15-21(22)27-24(29)33-17-23(30)26-20-11-9-8-10-18(20)16-25/h8-13,15H,4-7,14,17H2,1-3H3,(H,26,30). The van der Waals surface area contributed by atoms with E-state index in [2.05, 4.69) is 23.3 Å². The summed E-state index contributed by atoms with van der Waals surface area (Å²) in [5, 5.41) is 12.7. The molecule has 0 atom stereocenters. The molecule has 3 rings (SSSR count). The highest BCUT2D eigenvalue weighted by molar-refractivity contribution is 7.99. The number of rotatable bonds is 11. The van der Waals surface area contributed by atoms with E-state index in [4.69, 9.17) is 0 Å². The average molecular weight is 500 g/mol. The summed E-state index contributed by atoms with van der Waals surface area (Å²) in [6.45, 7) is 7.23. The first-order valence-corrected chi connectivity index (χ1v) is 13.7. The van der Waals surface area contributed by atoms with Crippen molar-refractivity contribution in [1.82, 2.24) is 13.9 Å². The summed E-state index contributed by atoms with van der Waals surface area (Å²) in [5.41, 5.74) is 2.30. The molecule has 0 spiro atoms. The van der Waals surface area contributed by atoms with Gasteiger partial charge < -0.3 is 9.88 Å². The molecule has 3 aromatic rings. The molecule has 1 amide bonds. The first-order valence-electron chi connectivity index (χ1n) is 11.3. The van der Waals surface area contributed by atoms with Gasteiger partial charge in [-0.3, -0.25) is 4.79 Å². The number of aromatic nitrogens is 2. The lowest BCUT2D eigenvalue weighted by atomic mass is 10.2. The second kappa shape index (κ2) is 11.5. The lowest BCUT2D eigenvalue weighted by Crippen LogP contribution is -2.30. The Morgan fingerprint density at radius 1 is 1.18 bits per heavy atom. The first kappa shape index (κ1) is 25.7. The second-order valence-corrected chi connectivity index (χ2v) is 10.5. The number of fused-ring (bicyclic) bond motifs is 1. The molecule has 0 fully saturated rings. The van der Waals surface area contributed by atoms with Crippen LogP contribution in [0.15, 0.2) is 52.5 Å². The Balaban J connectivity index is 1.87. The van der Waals surface area contributed by atoms with Crippen LogP contribution >= 0.6 is 11.8 Å². The molecule has 10 heteroatoms. The molecule has 1 N–H and O–H groups in total. The lowest BCUT2D eigenvalue weighted by Gasteiger charge is -2.18. The minimum absolute atomic E-state index is 0.111. The summed E-state index contributed by atoms with van der Waals surface area (Å²) in [7, 11) is -3.59. The third-order valence-corrected chi connectivity index (χ3v) is 8.44. The van der Waals surface area contributed by atoms with Gasteiger partial charge in [-0.1, -0.05) is 51.1 Å². The van der Waals surface area contributed by atoms with Gasteiger partial charge in [0, 0.05) is 19.6 Å². The fraction of sp³-hybridized carbons (Fsp3) is 0.375. The van der Waals surface area contributed by atoms with Crippen molar-refractivity contribution in [3.63, 3.8) is 0 Å². The van der Waals surface area contributed by atoms with Gasteiger partial charge >= 0.3 is 0 Å². The number of nitrogens with zero attached hydrogens (tertiary/aromatic N) is 4. The topological polar surface area (TPSA) is 108 Å². The predicted molar refractivity (Wildman–Crippen MR) is 135 cm³/mol. The average Bonchev–Trinajstić information content (AvgIpc) is 3.19. The maximum Gasteiger partial charge on any atom is 0.243 e. The summed E-state index contributed by atoms with van der Waals surface area (Å²) in [6.07, 6.45) is 1.92. The predicted octanol–water partition coefficient (Wildman–Crippen LogP) is 4.47. The molecule has 0 bridgehead atoms. The van der Waals surface area contributed by atoms with E-state index in [0.29, 0.717) is 35.0 Å². The summed E-state index contributed by atoms with van der Waals surface area (Å²) in [5.74, 6) is -0.133. The number of carbonyl (C=O) groups is 1. The highest BCUT2D eigenvalue weighted by Crippen LogP contribution is 2.28. The number of thioether (sulfide) groups is 1. The van der Waals surface area contributed by atoms with Gasteiger partial charge in [-0.2, -0.15) is 9.57 Å². The summed E-state index contributed by atoms with van der Waals surface area (Å²) < 4.78 is 29.4. The van der Waals surface area contributed by atoms with Gasteiger partial charge in [-0.25, -0.2) is 13.4 Å². The van der Waals surface area contributed by atoms with Crippen molar-refractivity contribution in [1.29, 1.82) is 5.26 Å². The van der Waals surface area contributed by atoms with Gasteiger partial charge in [0.15, 0.2) is 5.16 Å². The van der Waals surface area contributed by atoms with Crippen LogP contribution in [0.3, 0.4) is 0 Å². The van der Waals surface area contributed by atoms with Crippen molar-refractivity contribution >= 4 is 44.4 Å². The Morgan fingerprint density at radius 3 is 2.59 bits per heavy atom. The molecule has 1 heterocycles. The molecule has 0 aliphatic carbocycles. The van der Waals surface area contributed by atoms with E-state index in [9.17, 15) is 18.5 Å². The number of aryl methyl sites for hydroxylation is 1. The highest BCUT2D eigenvalue weighted by atomic mass is 32.2. The summed E-state index contributed by atoms with van der Waals surface area (Å²) in [4.78, 5) is 17.4. The van der Waals surface area contributed by atoms with Crippen LogP contribution in [0.25, 0.3) is 11.0 Å². The van der Waals surface area contributed by atoms with E-state index < -0.39 is 10.0 Å². The maximum atomic E-state index is 13.0. The normalized spacial score (nSPS) is 11.6. The molecule has 2 aromatic carbocycles. The quantitative estimate of drug-likeness (QED) is 0.390. The van der Waals surface area contributed by atoms with E-state index in [1.165, 1.54) is 16.1 Å². The van der Waals surface area contributed by atoms with Crippen LogP contribution in [0.5, 0.6) is 0 Å². The van der Waals surface area contributed by atoms with Crippen molar-refractivity contribution in [2.45, 2.75) is 50.2 Å². The zero-order chi connectivity index (χ0) is 24.7. The van der Waals surface area contributed by atoms with Crippen LogP contribution in [-0.2, 0) is 21.4 Å². The molecule has 0 aliphatic heterocycles. The molecule has 0 saturated heterocycles. The molecule has 1 aromatic heterocycles. The van der Waals surface area contributed by atoms with E-state index in [1.54, 1.807) is 42.5 Å². The van der Waals surface area contributed by atoms with Crippen LogP contribution < -0.4 is 5.32 Å². The van der Waals surface area contributed by atoms with Crippen LogP contribution in [0, 0.1) is 11.3 Å². The third kappa shape index (κ3) is 5.60. The molecule has 0 radical (unpaired) electrons. The SMILES string of the molecule is CCCCn1c(SCC(=O)Nc2ccccc2C#N)nc2cc(S(=O)(=O)N(CC)CC)ccc21. The molecule has 34 heavy (non-hydrogen) atoms. The number of hydrogen-bond acceptors (Lipinski definition) is 6. The molecule has 0 saturated carbocycles. The molecule has 0 unspecified atom stereocenters. The summed E-state index contributed by atoms with van der Waals surface area (Å²) >= 11 is 1.29. The molecular weight excluding hydrogens is 470 g/mol. The fourth-order valence-electron chi connectivity index (χ4n) is 3.61. The van der Waals surface area contributed by atoms with Crippen molar-refractivity contribution in [3.8, 4) is 6.07 Å². The Morgan fingerprint density at radius 2 is 1.91 bits per heavy atom. The van der Waals surface area contributed by atoms with Gasteiger partial charge in [0.25, 0.3) is 0 Å². The van der Waals surface area contributed by atoms with Crippen LogP contribution in [-0.4, -0.2) is 47.0 Å². The number of anilines is 1. The fourth-order valence-corrected chi connectivity index (χ4v) is 5.93. The number of nitrogens with one attached hydrogen (secondary N) is 1. The van der Waals surface area contributed by atoms with Crippen molar-refractivity contribution < 1.29 is 13.2 Å². The number of carbonyl (C=O) groups excluding carboxylic acids is 1. The van der Waals surface area contributed by atoms with Gasteiger partial charge in [0.1, 0.15) is 6.07 Å². The molecule has 180 valence electrons. The van der Waals surface area contributed by atoms with Crippen LogP contribution in [0.1, 0.15) is 39.2 Å². The number of unbranched alkanes of at least 4 members (excludes halogenated alkanes) is 1. The van der Waals surface area contributed by atoms with Gasteiger partial charge in [0.2, 0.25) is 15.9 Å². The number of hydrogen-bond donors (Lipinski definition) is 1. The number of para-hydroxylation sites is 1. The number of imidazole rings is 1. The van der Waals surface area contributed by atoms with Crippen molar-refractivity contribution in [2.75, 3.05) is 24.2 Å². The minimum atomic E-state index is -3.59. The molecule has 0 aliphatic rings. The Labute approximate surface area is 205 Å². The second-order valence-electron chi connectivity index (χ2n) is 7.63. The Hall–Kier alpha value is -2.87. The lowest BCUT2D eigenvalue weighted by molar-refractivity contribution is -0.113. The maximum absolute atomic E-state index is 13.0. The Kier molecular flexibility index (Phi) is 8.72. The largest absolute Gasteiger partial charge is 0.324 e. The number of nitriles is 1. The van der Waals surface area contributed by atoms with Gasteiger partial charge in [-0.15, -0.1) is 0 Å². The molecular formula is C24H29N5O3S2. The van der Waals surface area contributed by atoms with Gasteiger partial charge in [0.05, 0.1) is 32.9 Å². The summed E-state index contributed by atoms with van der Waals surface area (Å²) in [6, 6.07) is 13.9. The number of sulfonamides is 1. The zero-order valence-electron chi connectivity index (χ0n) is 19.6. The minimum Gasteiger partial charge on any atom is -0.324 e. The number of benzene rings is 2. The van der Waals surface area contributed by atoms with Gasteiger partial charge in [-0.05, 0) is 36.8 Å². The van der Waals surface area contributed by atoms with Crippen molar-refractivity contribution in [2.24, 2.45) is 0 Å². The van der Waals surface area contributed by atoms with Crippen LogP contribution in [0.4, 0.5) is 5.69 Å². The van der Waals surface area contributed by atoms with E-state index in [0.717, 1.165) is 24.9 Å². The molecule has 8 nitrogen and oxygen atoms in total. The van der Waals surface area contributed by atoms with E-state index in [-0.39, 0.29) is 16.6 Å². The zero-order valence-corrected chi connectivity index (χ0v) is 21.2. The van der Waals surface area contributed by atoms with Crippen LogP contribution in [0.2, 0.25) is 0 Å². The third-order valence-electron chi connectivity index (χ3n) is 5.42. The van der Waals surface area contributed by atoms with E-state index >= 15 is 0 Å². The number of amides is 1.